The van der Waals surface area contributed by atoms with Crippen molar-refractivity contribution in [2.24, 2.45) is 0 Å². The SMILES string of the molecule is CCC(CC)NC(=O)CNc1cc(Cl)ccc1C#N. The number of halogens is 1. The topological polar surface area (TPSA) is 64.9 Å². The minimum absolute atomic E-state index is 0.0856. The summed E-state index contributed by atoms with van der Waals surface area (Å²) in [6.45, 7) is 4.20. The first-order chi connectivity index (χ1) is 9.10. The van der Waals surface area contributed by atoms with Crippen LogP contribution in [0.25, 0.3) is 0 Å². The van der Waals surface area contributed by atoms with Crippen LogP contribution in [0.3, 0.4) is 0 Å². The monoisotopic (exact) mass is 279 g/mol. The van der Waals surface area contributed by atoms with Gasteiger partial charge in [-0.2, -0.15) is 5.26 Å². The second kappa shape index (κ2) is 7.65. The van der Waals surface area contributed by atoms with Gasteiger partial charge in [0.25, 0.3) is 0 Å². The van der Waals surface area contributed by atoms with Gasteiger partial charge in [0.15, 0.2) is 0 Å². The molecule has 1 aromatic carbocycles. The van der Waals surface area contributed by atoms with Crippen molar-refractivity contribution in [2.45, 2.75) is 32.7 Å². The molecule has 0 aromatic heterocycles. The normalized spacial score (nSPS) is 10.1. The highest BCUT2D eigenvalue weighted by molar-refractivity contribution is 6.30. The number of nitriles is 1. The molecule has 0 atom stereocenters. The number of rotatable bonds is 6. The maximum atomic E-state index is 11.7. The van der Waals surface area contributed by atoms with Gasteiger partial charge in [0, 0.05) is 11.1 Å². The van der Waals surface area contributed by atoms with Crippen LogP contribution in [0, 0.1) is 11.3 Å². The summed E-state index contributed by atoms with van der Waals surface area (Å²) in [7, 11) is 0. The van der Waals surface area contributed by atoms with E-state index in [1.807, 2.05) is 13.8 Å². The van der Waals surface area contributed by atoms with Crippen molar-refractivity contribution in [3.8, 4) is 6.07 Å². The van der Waals surface area contributed by atoms with Crippen LogP contribution in [-0.2, 0) is 4.79 Å². The van der Waals surface area contributed by atoms with Crippen LogP contribution >= 0.6 is 11.6 Å². The van der Waals surface area contributed by atoms with Gasteiger partial charge in [-0.05, 0) is 31.0 Å². The Bertz CT molecular complexity index is 478. The summed E-state index contributed by atoms with van der Waals surface area (Å²) in [6, 6.07) is 7.18. The molecule has 0 fully saturated rings. The summed E-state index contributed by atoms with van der Waals surface area (Å²) >= 11 is 5.87. The lowest BCUT2D eigenvalue weighted by atomic mass is 10.1. The van der Waals surface area contributed by atoms with Gasteiger partial charge in [0.05, 0.1) is 17.8 Å². The van der Waals surface area contributed by atoms with E-state index in [2.05, 4.69) is 16.7 Å². The van der Waals surface area contributed by atoms with E-state index in [0.29, 0.717) is 16.3 Å². The minimum atomic E-state index is -0.0856. The fourth-order valence-corrected chi connectivity index (χ4v) is 1.88. The third kappa shape index (κ3) is 4.80. The lowest BCUT2D eigenvalue weighted by Crippen LogP contribution is -2.37. The van der Waals surface area contributed by atoms with Crippen LogP contribution in [0.15, 0.2) is 18.2 Å². The summed E-state index contributed by atoms with van der Waals surface area (Å²) in [6.07, 6.45) is 1.81. The first kappa shape index (κ1) is 15.3. The van der Waals surface area contributed by atoms with Gasteiger partial charge in [-0.15, -0.1) is 0 Å². The Morgan fingerprint density at radius 1 is 1.42 bits per heavy atom. The van der Waals surface area contributed by atoms with E-state index in [9.17, 15) is 4.79 Å². The number of carbonyl (C=O) groups excluding carboxylic acids is 1. The fourth-order valence-electron chi connectivity index (χ4n) is 1.71. The standard InChI is InChI=1S/C14H18ClN3O/c1-3-12(4-2)18-14(19)9-17-13-7-11(15)6-5-10(13)8-16/h5-7,12,17H,3-4,9H2,1-2H3,(H,18,19). The van der Waals surface area contributed by atoms with Crippen molar-refractivity contribution in [1.82, 2.24) is 5.32 Å². The molecule has 0 bridgehead atoms. The molecule has 0 spiro atoms. The van der Waals surface area contributed by atoms with Gasteiger partial charge in [-0.1, -0.05) is 25.4 Å². The first-order valence-corrected chi connectivity index (χ1v) is 6.71. The Hall–Kier alpha value is -1.73. The molecule has 0 aliphatic heterocycles. The van der Waals surface area contributed by atoms with Crippen molar-refractivity contribution < 1.29 is 4.79 Å². The number of benzene rings is 1. The Morgan fingerprint density at radius 2 is 2.11 bits per heavy atom. The Labute approximate surface area is 118 Å². The third-order valence-corrected chi connectivity index (χ3v) is 3.13. The molecule has 2 N–H and O–H groups in total. The summed E-state index contributed by atoms with van der Waals surface area (Å²) in [5.74, 6) is -0.0856. The molecule has 19 heavy (non-hydrogen) atoms. The van der Waals surface area contributed by atoms with Crippen LogP contribution < -0.4 is 10.6 Å². The van der Waals surface area contributed by atoms with Gasteiger partial charge < -0.3 is 10.6 Å². The van der Waals surface area contributed by atoms with Gasteiger partial charge in [0.1, 0.15) is 6.07 Å². The number of anilines is 1. The predicted octanol–water partition coefficient (Wildman–Crippen LogP) is 2.93. The van der Waals surface area contributed by atoms with Crippen molar-refractivity contribution >= 4 is 23.2 Å². The van der Waals surface area contributed by atoms with Gasteiger partial charge in [-0.25, -0.2) is 0 Å². The van der Waals surface area contributed by atoms with E-state index >= 15 is 0 Å². The Kier molecular flexibility index (Phi) is 6.17. The number of carbonyl (C=O) groups is 1. The molecule has 0 aliphatic carbocycles. The number of hydrogen-bond donors (Lipinski definition) is 2. The molecule has 0 saturated heterocycles. The number of nitrogens with one attached hydrogen (secondary N) is 2. The maximum absolute atomic E-state index is 11.7. The maximum Gasteiger partial charge on any atom is 0.239 e. The Morgan fingerprint density at radius 3 is 2.68 bits per heavy atom. The van der Waals surface area contributed by atoms with E-state index in [1.54, 1.807) is 18.2 Å². The molecule has 0 aliphatic rings. The largest absolute Gasteiger partial charge is 0.375 e. The predicted molar refractivity (Wildman–Crippen MR) is 77.2 cm³/mol. The smallest absolute Gasteiger partial charge is 0.239 e. The quantitative estimate of drug-likeness (QED) is 0.841. The van der Waals surface area contributed by atoms with Crippen LogP contribution in [0.1, 0.15) is 32.3 Å². The van der Waals surface area contributed by atoms with E-state index < -0.39 is 0 Å². The summed E-state index contributed by atoms with van der Waals surface area (Å²) in [5.41, 5.74) is 1.05. The van der Waals surface area contributed by atoms with Crippen LogP contribution in [-0.4, -0.2) is 18.5 Å². The highest BCUT2D eigenvalue weighted by Gasteiger charge is 2.09. The molecule has 5 heteroatoms. The number of amides is 1. The average Bonchev–Trinajstić information content (AvgIpc) is 2.42. The fraction of sp³-hybridized carbons (Fsp3) is 0.429. The van der Waals surface area contributed by atoms with Crippen molar-refractivity contribution in [1.29, 1.82) is 5.26 Å². The minimum Gasteiger partial charge on any atom is -0.375 e. The van der Waals surface area contributed by atoms with Crippen molar-refractivity contribution in [3.05, 3.63) is 28.8 Å². The zero-order valence-corrected chi connectivity index (χ0v) is 11.9. The van der Waals surface area contributed by atoms with Gasteiger partial charge in [0.2, 0.25) is 5.91 Å². The lowest BCUT2D eigenvalue weighted by Gasteiger charge is -2.15. The zero-order chi connectivity index (χ0) is 14.3. The molecule has 0 heterocycles. The summed E-state index contributed by atoms with van der Waals surface area (Å²) < 4.78 is 0. The molecule has 102 valence electrons. The number of nitrogens with zero attached hydrogens (tertiary/aromatic N) is 1. The molecule has 0 radical (unpaired) electrons. The van der Waals surface area contributed by atoms with Crippen molar-refractivity contribution in [2.75, 3.05) is 11.9 Å². The lowest BCUT2D eigenvalue weighted by molar-refractivity contribution is -0.120. The van der Waals surface area contributed by atoms with E-state index in [0.717, 1.165) is 12.8 Å². The number of hydrogen-bond acceptors (Lipinski definition) is 3. The highest BCUT2D eigenvalue weighted by Crippen LogP contribution is 2.19. The Balaban J connectivity index is 2.60. The molecule has 4 nitrogen and oxygen atoms in total. The summed E-state index contributed by atoms with van der Waals surface area (Å²) in [4.78, 5) is 11.7. The average molecular weight is 280 g/mol. The van der Waals surface area contributed by atoms with Crippen molar-refractivity contribution in [3.63, 3.8) is 0 Å². The van der Waals surface area contributed by atoms with Gasteiger partial charge >= 0.3 is 0 Å². The molecule has 0 saturated carbocycles. The molecular formula is C14H18ClN3O. The van der Waals surface area contributed by atoms with Crippen LogP contribution in [0.5, 0.6) is 0 Å². The summed E-state index contributed by atoms with van der Waals surface area (Å²) in [5, 5.41) is 15.4. The van der Waals surface area contributed by atoms with E-state index in [-0.39, 0.29) is 18.5 Å². The third-order valence-electron chi connectivity index (χ3n) is 2.89. The van der Waals surface area contributed by atoms with Crippen LogP contribution in [0.4, 0.5) is 5.69 Å². The molecule has 1 amide bonds. The van der Waals surface area contributed by atoms with E-state index in [1.165, 1.54) is 0 Å². The highest BCUT2D eigenvalue weighted by atomic mass is 35.5. The van der Waals surface area contributed by atoms with Gasteiger partial charge in [-0.3, -0.25) is 4.79 Å². The molecular weight excluding hydrogens is 262 g/mol. The van der Waals surface area contributed by atoms with E-state index in [4.69, 9.17) is 16.9 Å². The van der Waals surface area contributed by atoms with Crippen LogP contribution in [0.2, 0.25) is 5.02 Å². The molecule has 1 aromatic rings. The molecule has 1 rings (SSSR count). The first-order valence-electron chi connectivity index (χ1n) is 6.33. The second-order valence-corrected chi connectivity index (χ2v) is 4.67. The molecule has 0 unspecified atom stereocenters. The zero-order valence-electron chi connectivity index (χ0n) is 11.2. The second-order valence-electron chi connectivity index (χ2n) is 4.24.